The Morgan fingerprint density at radius 2 is 1.89 bits per heavy atom. The topological polar surface area (TPSA) is 107 Å². The molecule has 1 aliphatic rings. The van der Waals surface area contributed by atoms with Crippen molar-refractivity contribution < 1.29 is 27.6 Å². The third-order valence-electron chi connectivity index (χ3n) is 5.41. The molecule has 0 atom stereocenters. The number of nitrogens with one attached hydrogen (secondary N) is 3. The summed E-state index contributed by atoms with van der Waals surface area (Å²) in [5, 5.41) is 5.85. The van der Waals surface area contributed by atoms with Gasteiger partial charge in [0.05, 0.1) is 36.5 Å². The Hall–Kier alpha value is -4.15. The van der Waals surface area contributed by atoms with Crippen LogP contribution in [0.2, 0.25) is 0 Å². The number of amides is 2. The lowest BCUT2D eigenvalue weighted by atomic mass is 10.0. The Morgan fingerprint density at radius 3 is 2.57 bits per heavy atom. The van der Waals surface area contributed by atoms with E-state index >= 15 is 0 Å². The lowest BCUT2D eigenvalue weighted by Crippen LogP contribution is -2.39. The number of anilines is 3. The van der Waals surface area contributed by atoms with E-state index < -0.39 is 30.7 Å². The van der Waals surface area contributed by atoms with Gasteiger partial charge >= 0.3 is 6.18 Å². The molecule has 3 aromatic rings. The lowest BCUT2D eigenvalue weighted by Gasteiger charge is -2.26. The largest absolute Gasteiger partial charge is 0.389 e. The fourth-order valence-corrected chi connectivity index (χ4v) is 3.90. The number of hydrogen-bond acceptors (Lipinski definition) is 5. The molecule has 0 saturated heterocycles. The first-order chi connectivity index (χ1) is 16.6. The molecule has 0 spiro atoms. The van der Waals surface area contributed by atoms with Crippen LogP contribution in [-0.4, -0.2) is 45.2 Å². The number of aromatic amines is 1. The first kappa shape index (κ1) is 24.0. The van der Waals surface area contributed by atoms with Crippen LogP contribution in [-0.2, 0) is 16.1 Å². The van der Waals surface area contributed by atoms with E-state index in [0.29, 0.717) is 39.7 Å². The molecule has 8 nitrogen and oxygen atoms in total. The molecule has 3 N–H and O–H groups in total. The molecule has 3 heterocycles. The van der Waals surface area contributed by atoms with E-state index in [2.05, 4.69) is 20.6 Å². The van der Waals surface area contributed by atoms with Crippen LogP contribution in [0.1, 0.15) is 35.8 Å². The van der Waals surface area contributed by atoms with Crippen molar-refractivity contribution >= 4 is 34.8 Å². The SMILES string of the molecule is CC(=O)Nc1cc(-c2[nH]c3c(c2Nc2ccccc2)C(=O)CN(C(=O)CCC(F)(F)F)C3)ccn1. The summed E-state index contributed by atoms with van der Waals surface area (Å²) in [6.07, 6.45) is -4.93. The molecule has 2 amide bonds. The quantitative estimate of drug-likeness (QED) is 0.471. The Labute approximate surface area is 198 Å². The first-order valence-corrected chi connectivity index (χ1v) is 10.8. The monoisotopic (exact) mass is 485 g/mol. The standard InChI is InChI=1S/C24H22F3N5O3/c1-14(33)29-19-11-15(8-10-28-19)22-23(30-16-5-3-2-4-6-16)21-17(31-22)12-32(13-18(21)34)20(35)7-9-24(25,26)27/h2-6,8,10-11,30-31H,7,9,12-13H2,1H3,(H,28,29,33). The van der Waals surface area contributed by atoms with Gasteiger partial charge in [-0.25, -0.2) is 4.98 Å². The van der Waals surface area contributed by atoms with Crippen LogP contribution in [0.25, 0.3) is 11.3 Å². The molecule has 0 aliphatic carbocycles. The maximum Gasteiger partial charge on any atom is 0.389 e. The van der Waals surface area contributed by atoms with Crippen LogP contribution in [0.15, 0.2) is 48.7 Å². The van der Waals surface area contributed by atoms with Gasteiger partial charge in [-0.1, -0.05) is 18.2 Å². The number of fused-ring (bicyclic) bond motifs is 1. The predicted octanol–water partition coefficient (Wildman–Crippen LogP) is 4.65. The second-order valence-corrected chi connectivity index (χ2v) is 8.12. The first-order valence-electron chi connectivity index (χ1n) is 10.8. The fourth-order valence-electron chi connectivity index (χ4n) is 3.90. The van der Waals surface area contributed by atoms with Crippen LogP contribution in [0, 0.1) is 0 Å². The van der Waals surface area contributed by atoms with Gasteiger partial charge in [-0.15, -0.1) is 0 Å². The third kappa shape index (κ3) is 5.68. The molecule has 0 saturated carbocycles. The van der Waals surface area contributed by atoms with Gasteiger partial charge < -0.3 is 20.5 Å². The van der Waals surface area contributed by atoms with Gasteiger partial charge in [-0.3, -0.25) is 14.4 Å². The summed E-state index contributed by atoms with van der Waals surface area (Å²) in [4.78, 5) is 45.4. The van der Waals surface area contributed by atoms with Crippen LogP contribution < -0.4 is 10.6 Å². The minimum Gasteiger partial charge on any atom is -0.355 e. The van der Waals surface area contributed by atoms with E-state index in [4.69, 9.17) is 0 Å². The van der Waals surface area contributed by atoms with Gasteiger partial charge in [0.25, 0.3) is 0 Å². The van der Waals surface area contributed by atoms with Crippen molar-refractivity contribution in [3.63, 3.8) is 0 Å². The van der Waals surface area contributed by atoms with E-state index in [1.165, 1.54) is 13.1 Å². The molecule has 0 radical (unpaired) electrons. The van der Waals surface area contributed by atoms with E-state index in [1.54, 1.807) is 12.1 Å². The molecule has 1 aromatic carbocycles. The maximum atomic E-state index is 13.1. The highest BCUT2D eigenvalue weighted by atomic mass is 19.4. The number of carbonyl (C=O) groups excluding carboxylic acids is 3. The average molecular weight is 485 g/mol. The number of pyridine rings is 1. The second-order valence-electron chi connectivity index (χ2n) is 8.12. The smallest absolute Gasteiger partial charge is 0.355 e. The van der Waals surface area contributed by atoms with Gasteiger partial charge in [0.1, 0.15) is 5.82 Å². The molecular formula is C24H22F3N5O3. The number of alkyl halides is 3. The van der Waals surface area contributed by atoms with Gasteiger partial charge in [0.2, 0.25) is 11.8 Å². The molecule has 0 unspecified atom stereocenters. The number of hydrogen-bond donors (Lipinski definition) is 3. The van der Waals surface area contributed by atoms with Gasteiger partial charge in [-0.05, 0) is 24.3 Å². The van der Waals surface area contributed by atoms with Crippen molar-refractivity contribution in [2.24, 2.45) is 0 Å². The minimum absolute atomic E-state index is 0.0368. The van der Waals surface area contributed by atoms with Crippen LogP contribution in [0.4, 0.5) is 30.4 Å². The highest BCUT2D eigenvalue weighted by Crippen LogP contribution is 2.38. The van der Waals surface area contributed by atoms with Crippen molar-refractivity contribution in [2.75, 3.05) is 17.2 Å². The minimum atomic E-state index is -4.46. The molecule has 0 bridgehead atoms. The number of nitrogens with zero attached hydrogens (tertiary/aromatic N) is 2. The van der Waals surface area contributed by atoms with Gasteiger partial charge in [0.15, 0.2) is 5.78 Å². The number of para-hydroxylation sites is 1. The van der Waals surface area contributed by atoms with Crippen LogP contribution in [0.3, 0.4) is 0 Å². The highest BCUT2D eigenvalue weighted by Gasteiger charge is 2.34. The van der Waals surface area contributed by atoms with E-state index in [0.717, 1.165) is 4.90 Å². The zero-order valence-electron chi connectivity index (χ0n) is 18.7. The number of halogens is 3. The highest BCUT2D eigenvalue weighted by molar-refractivity contribution is 6.09. The second kappa shape index (κ2) is 9.61. The molecule has 182 valence electrons. The van der Waals surface area contributed by atoms with Crippen LogP contribution >= 0.6 is 0 Å². The number of Topliss-reactive ketones (excluding diaryl/α,β-unsaturated/α-hetero) is 1. The Morgan fingerprint density at radius 1 is 1.14 bits per heavy atom. The van der Waals surface area contributed by atoms with E-state index in [-0.39, 0.29) is 19.0 Å². The molecule has 0 fully saturated rings. The molecule has 35 heavy (non-hydrogen) atoms. The predicted molar refractivity (Wildman–Crippen MR) is 123 cm³/mol. The number of H-pyrrole nitrogens is 1. The fraction of sp³-hybridized carbons (Fsp3) is 0.250. The third-order valence-corrected chi connectivity index (χ3v) is 5.41. The van der Waals surface area contributed by atoms with Gasteiger partial charge in [-0.2, -0.15) is 13.2 Å². The summed E-state index contributed by atoms with van der Waals surface area (Å²) >= 11 is 0. The Bertz CT molecular complexity index is 1270. The van der Waals surface area contributed by atoms with Crippen molar-refractivity contribution in [2.45, 2.75) is 32.5 Å². The van der Waals surface area contributed by atoms with Crippen LogP contribution in [0.5, 0.6) is 0 Å². The summed E-state index contributed by atoms with van der Waals surface area (Å²) in [5.41, 5.74) is 3.06. The molecular weight excluding hydrogens is 463 g/mol. The number of benzene rings is 1. The van der Waals surface area contributed by atoms with Gasteiger partial charge in [0, 0.05) is 36.5 Å². The molecule has 1 aliphatic heterocycles. The zero-order chi connectivity index (χ0) is 25.2. The normalized spacial score (nSPS) is 13.4. The van der Waals surface area contributed by atoms with Crippen molar-refractivity contribution in [3.8, 4) is 11.3 Å². The summed E-state index contributed by atoms with van der Waals surface area (Å²) in [6.45, 7) is 0.996. The number of ketones is 1. The molecule has 4 rings (SSSR count). The van der Waals surface area contributed by atoms with E-state index in [1.807, 2.05) is 30.3 Å². The Kier molecular flexibility index (Phi) is 6.59. The molecule has 11 heteroatoms. The summed E-state index contributed by atoms with van der Waals surface area (Å²) in [5.74, 6) is -1.13. The summed E-state index contributed by atoms with van der Waals surface area (Å²) in [7, 11) is 0. The average Bonchev–Trinajstić information content (AvgIpc) is 3.16. The summed E-state index contributed by atoms with van der Waals surface area (Å²) < 4.78 is 37.7. The molecule has 2 aromatic heterocycles. The number of carbonyl (C=O) groups is 3. The number of rotatable bonds is 6. The Balaban J connectivity index is 1.72. The summed E-state index contributed by atoms with van der Waals surface area (Å²) in [6, 6.07) is 12.5. The van der Waals surface area contributed by atoms with E-state index in [9.17, 15) is 27.6 Å². The number of aromatic nitrogens is 2. The van der Waals surface area contributed by atoms with Crippen molar-refractivity contribution in [3.05, 3.63) is 59.9 Å². The van der Waals surface area contributed by atoms with Crippen molar-refractivity contribution in [1.29, 1.82) is 0 Å². The zero-order valence-corrected chi connectivity index (χ0v) is 18.7. The van der Waals surface area contributed by atoms with Crippen molar-refractivity contribution in [1.82, 2.24) is 14.9 Å². The maximum absolute atomic E-state index is 13.1. The lowest BCUT2D eigenvalue weighted by molar-refractivity contribution is -0.149.